The monoisotopic (exact) mass is 222 g/mol. The van der Waals surface area contributed by atoms with Crippen molar-refractivity contribution >= 4 is 21.8 Å². The van der Waals surface area contributed by atoms with E-state index in [0.717, 1.165) is 13.4 Å². The van der Waals surface area contributed by atoms with Gasteiger partial charge in [0, 0.05) is 6.26 Å². The highest BCUT2D eigenvalue weighted by atomic mass is 32.2. The molecule has 6 nitrogen and oxygen atoms in total. The van der Waals surface area contributed by atoms with Crippen LogP contribution in [-0.4, -0.2) is 44.1 Å². The Morgan fingerprint density at radius 2 is 2.00 bits per heavy atom. The molecule has 0 radical (unpaired) electrons. The number of rotatable bonds is 3. The first-order valence-corrected chi connectivity index (χ1v) is 5.73. The largest absolute Gasteiger partial charge is 0.480 e. The van der Waals surface area contributed by atoms with Crippen LogP contribution in [0.15, 0.2) is 0 Å². The Hall–Kier alpha value is -1.11. The minimum absolute atomic E-state index is 0.201. The van der Waals surface area contributed by atoms with E-state index in [1.54, 1.807) is 0 Å². The molecule has 0 heterocycles. The summed E-state index contributed by atoms with van der Waals surface area (Å²) in [6, 6.07) is 0. The first-order chi connectivity index (χ1) is 6.26. The summed E-state index contributed by atoms with van der Waals surface area (Å²) < 4.78 is 26.4. The van der Waals surface area contributed by atoms with Crippen molar-refractivity contribution in [2.24, 2.45) is 5.41 Å². The number of sulfone groups is 1. The Labute approximate surface area is 80.8 Å². The van der Waals surface area contributed by atoms with Gasteiger partial charge in [-0.1, -0.05) is 0 Å². The molecular weight excluding hydrogens is 212 g/mol. The third-order valence-electron chi connectivity index (χ3n) is 2.34. The summed E-state index contributed by atoms with van der Waals surface area (Å²) >= 11 is 0. The summed E-state index contributed by atoms with van der Waals surface area (Å²) in [6.07, 6.45) is 0.707. The van der Waals surface area contributed by atoms with E-state index >= 15 is 0 Å². The lowest BCUT2D eigenvalue weighted by atomic mass is 10.1. The molecule has 1 saturated carbocycles. The zero-order chi connectivity index (χ0) is 11.1. The van der Waals surface area contributed by atoms with Crippen molar-refractivity contribution < 1.29 is 27.9 Å². The minimum Gasteiger partial charge on any atom is -0.480 e. The molecule has 1 N–H and O–H groups in total. The maximum atomic E-state index is 11.1. The fraction of sp³-hybridized carbons (Fsp3) is 0.714. The number of hydrogen-bond acceptors (Lipinski definition) is 5. The second kappa shape index (κ2) is 2.94. The van der Waals surface area contributed by atoms with Crippen LogP contribution in [0.25, 0.3) is 0 Å². The second-order valence-electron chi connectivity index (χ2n) is 3.29. The fourth-order valence-corrected chi connectivity index (χ4v) is 2.95. The van der Waals surface area contributed by atoms with Crippen LogP contribution in [0.3, 0.4) is 0 Å². The van der Waals surface area contributed by atoms with Crippen LogP contribution in [0, 0.1) is 5.41 Å². The molecule has 0 aromatic carbocycles. The maximum absolute atomic E-state index is 11.1. The van der Waals surface area contributed by atoms with Gasteiger partial charge in [-0.3, -0.25) is 9.59 Å². The molecule has 0 aromatic rings. The number of carboxylic acid groups (broad SMARTS) is 1. The van der Waals surface area contributed by atoms with Gasteiger partial charge in [0.1, 0.15) is 0 Å². The zero-order valence-electron chi connectivity index (χ0n) is 7.68. The average Bonchev–Trinajstić information content (AvgIpc) is 2.77. The molecule has 0 saturated heterocycles. The average molecular weight is 222 g/mol. The Bertz CT molecular complexity index is 383. The van der Waals surface area contributed by atoms with Crippen molar-refractivity contribution in [2.45, 2.75) is 11.7 Å². The van der Waals surface area contributed by atoms with Gasteiger partial charge < -0.3 is 9.84 Å². The van der Waals surface area contributed by atoms with Gasteiger partial charge in [-0.15, -0.1) is 0 Å². The lowest BCUT2D eigenvalue weighted by Crippen LogP contribution is -2.32. The first kappa shape index (κ1) is 11.0. The highest BCUT2D eigenvalue weighted by Crippen LogP contribution is 2.51. The van der Waals surface area contributed by atoms with Crippen LogP contribution in [0.2, 0.25) is 0 Å². The quantitative estimate of drug-likeness (QED) is 0.488. The number of carbonyl (C=O) groups is 2. The van der Waals surface area contributed by atoms with Crippen molar-refractivity contribution in [2.75, 3.05) is 13.4 Å². The lowest BCUT2D eigenvalue weighted by molar-refractivity contribution is -0.158. The summed E-state index contributed by atoms with van der Waals surface area (Å²) in [7, 11) is -2.49. The molecule has 1 fully saturated rings. The molecule has 0 aliphatic heterocycles. The second-order valence-corrected chi connectivity index (χ2v) is 5.52. The van der Waals surface area contributed by atoms with E-state index in [9.17, 15) is 18.0 Å². The molecular formula is C7H10O6S. The number of methoxy groups -OCH3 is 1. The third kappa shape index (κ3) is 1.37. The highest BCUT2D eigenvalue weighted by molar-refractivity contribution is 7.91. The number of hydrogen-bond donors (Lipinski definition) is 1. The third-order valence-corrected chi connectivity index (χ3v) is 3.95. The molecule has 1 rings (SSSR count). The zero-order valence-corrected chi connectivity index (χ0v) is 8.50. The Morgan fingerprint density at radius 3 is 2.21 bits per heavy atom. The van der Waals surface area contributed by atoms with E-state index in [4.69, 9.17) is 5.11 Å². The van der Waals surface area contributed by atoms with Gasteiger partial charge in [0.25, 0.3) is 0 Å². The van der Waals surface area contributed by atoms with E-state index < -0.39 is 32.4 Å². The standard InChI is InChI=1S/C7H10O6S/c1-13-6(10)7(5(8)9)3-4(7)14(2,11)12/h4H,3H2,1-2H3,(H,8,9)/t4-,7+/m0/s1. The number of ether oxygens (including phenoxy) is 1. The summed E-state index contributed by atoms with van der Waals surface area (Å²) in [5.74, 6) is -2.44. The molecule has 2 atom stereocenters. The predicted molar refractivity (Wildman–Crippen MR) is 45.3 cm³/mol. The summed E-state index contributed by atoms with van der Waals surface area (Å²) in [6.45, 7) is 0. The minimum atomic E-state index is -3.52. The maximum Gasteiger partial charge on any atom is 0.324 e. The first-order valence-electron chi connectivity index (χ1n) is 3.77. The fourth-order valence-electron chi connectivity index (χ4n) is 1.46. The van der Waals surface area contributed by atoms with Crippen LogP contribution in [0.4, 0.5) is 0 Å². The summed E-state index contributed by atoms with van der Waals surface area (Å²) in [4.78, 5) is 21.9. The number of esters is 1. The summed E-state index contributed by atoms with van der Waals surface area (Å²) in [5.41, 5.74) is -1.87. The number of carbonyl (C=O) groups excluding carboxylic acids is 1. The topological polar surface area (TPSA) is 97.7 Å². The van der Waals surface area contributed by atoms with Crippen molar-refractivity contribution in [1.82, 2.24) is 0 Å². The molecule has 0 bridgehead atoms. The van der Waals surface area contributed by atoms with Crippen LogP contribution in [0.5, 0.6) is 0 Å². The van der Waals surface area contributed by atoms with Crippen molar-refractivity contribution in [3.63, 3.8) is 0 Å². The normalized spacial score (nSPS) is 30.9. The lowest BCUT2D eigenvalue weighted by Gasteiger charge is -2.08. The van der Waals surface area contributed by atoms with Gasteiger partial charge in [-0.05, 0) is 6.42 Å². The van der Waals surface area contributed by atoms with Crippen LogP contribution in [-0.2, 0) is 24.2 Å². The van der Waals surface area contributed by atoms with Gasteiger partial charge in [0.2, 0.25) is 0 Å². The SMILES string of the molecule is COC(=O)[C@]1(C(=O)O)C[C@@H]1S(C)(=O)=O. The molecule has 0 spiro atoms. The van der Waals surface area contributed by atoms with Gasteiger partial charge in [-0.25, -0.2) is 8.42 Å². The van der Waals surface area contributed by atoms with Crippen molar-refractivity contribution in [1.29, 1.82) is 0 Å². The van der Waals surface area contributed by atoms with Gasteiger partial charge in [0.05, 0.1) is 12.4 Å². The van der Waals surface area contributed by atoms with E-state index in [1.165, 1.54) is 0 Å². The van der Waals surface area contributed by atoms with E-state index in [2.05, 4.69) is 4.74 Å². The van der Waals surface area contributed by atoms with E-state index in [-0.39, 0.29) is 6.42 Å². The molecule has 0 aromatic heterocycles. The molecule has 14 heavy (non-hydrogen) atoms. The summed E-state index contributed by atoms with van der Waals surface area (Å²) in [5, 5.41) is 7.62. The molecule has 0 unspecified atom stereocenters. The van der Waals surface area contributed by atoms with Gasteiger partial charge in [0.15, 0.2) is 15.3 Å². The Morgan fingerprint density at radius 1 is 1.50 bits per heavy atom. The van der Waals surface area contributed by atoms with Crippen molar-refractivity contribution in [3.05, 3.63) is 0 Å². The molecule has 7 heteroatoms. The molecule has 1 aliphatic carbocycles. The molecule has 1 aliphatic rings. The Balaban J connectivity index is 3.05. The van der Waals surface area contributed by atoms with Gasteiger partial charge >= 0.3 is 11.9 Å². The molecule has 0 amide bonds. The van der Waals surface area contributed by atoms with Crippen LogP contribution in [0.1, 0.15) is 6.42 Å². The van der Waals surface area contributed by atoms with Gasteiger partial charge in [-0.2, -0.15) is 0 Å². The van der Waals surface area contributed by atoms with E-state index in [1.807, 2.05) is 0 Å². The number of aliphatic carboxylic acids is 1. The predicted octanol–water partition coefficient (Wildman–Crippen LogP) is -0.953. The number of carboxylic acids is 1. The van der Waals surface area contributed by atoms with Crippen molar-refractivity contribution in [3.8, 4) is 0 Å². The van der Waals surface area contributed by atoms with E-state index in [0.29, 0.717) is 0 Å². The Kier molecular flexibility index (Phi) is 2.31. The highest BCUT2D eigenvalue weighted by Gasteiger charge is 2.71. The van der Waals surface area contributed by atoms with Crippen LogP contribution >= 0.6 is 0 Å². The smallest absolute Gasteiger partial charge is 0.324 e. The molecule has 80 valence electrons. The van der Waals surface area contributed by atoms with Crippen LogP contribution < -0.4 is 0 Å².